The first-order valence-electron chi connectivity index (χ1n) is 13.4. The highest BCUT2D eigenvalue weighted by Crippen LogP contribution is 2.31. The van der Waals surface area contributed by atoms with Gasteiger partial charge in [-0.15, -0.1) is 10.2 Å². The van der Waals surface area contributed by atoms with Crippen molar-refractivity contribution >= 4 is 0 Å². The second-order valence-corrected chi connectivity index (χ2v) is 7.29. The first-order valence-corrected chi connectivity index (χ1v) is 13.4. The minimum Gasteiger partial charge on any atom is -0.495 e. The van der Waals surface area contributed by atoms with Crippen molar-refractivity contribution in [2.24, 2.45) is 0 Å². The van der Waals surface area contributed by atoms with Crippen LogP contribution in [0.4, 0.5) is 4.39 Å². The van der Waals surface area contributed by atoms with E-state index in [1.54, 1.807) is 13.3 Å². The van der Waals surface area contributed by atoms with Crippen molar-refractivity contribution in [3.63, 3.8) is 0 Å². The lowest BCUT2D eigenvalue weighted by atomic mass is 10.1. The largest absolute Gasteiger partial charge is 0.495 e. The van der Waals surface area contributed by atoms with Crippen molar-refractivity contribution in [1.82, 2.24) is 29.7 Å². The monoisotopic (exact) mass is 524 g/mol. The van der Waals surface area contributed by atoms with E-state index in [0.717, 1.165) is 52.7 Å². The molecule has 0 spiro atoms. The first kappa shape index (κ1) is 34.3. The molecular formula is C30H45FN6O. The Morgan fingerprint density at radius 1 is 0.868 bits per heavy atom. The lowest BCUT2D eigenvalue weighted by Crippen LogP contribution is -2.05. The molecule has 4 aromatic rings. The summed E-state index contributed by atoms with van der Waals surface area (Å²) in [6.07, 6.45) is 5.98. The van der Waals surface area contributed by atoms with Crippen molar-refractivity contribution in [2.45, 2.75) is 82.1 Å². The van der Waals surface area contributed by atoms with Crippen LogP contribution in [-0.4, -0.2) is 36.8 Å². The molecular weight excluding hydrogens is 479 g/mol. The second-order valence-electron chi connectivity index (χ2n) is 7.29. The van der Waals surface area contributed by atoms with Gasteiger partial charge in [0.25, 0.3) is 0 Å². The van der Waals surface area contributed by atoms with E-state index in [4.69, 9.17) is 4.74 Å². The molecule has 38 heavy (non-hydrogen) atoms. The van der Waals surface area contributed by atoms with Crippen LogP contribution in [0.2, 0.25) is 0 Å². The summed E-state index contributed by atoms with van der Waals surface area (Å²) in [5.41, 5.74) is 4.01. The van der Waals surface area contributed by atoms with Gasteiger partial charge in [-0.1, -0.05) is 60.6 Å². The number of aryl methyl sites for hydroxylation is 4. The molecule has 0 saturated heterocycles. The molecule has 0 radical (unpaired) electrons. The van der Waals surface area contributed by atoms with Gasteiger partial charge in [0, 0.05) is 23.9 Å². The number of pyridine rings is 1. The molecule has 7 nitrogen and oxygen atoms in total. The van der Waals surface area contributed by atoms with Gasteiger partial charge < -0.3 is 4.74 Å². The van der Waals surface area contributed by atoms with Crippen molar-refractivity contribution in [2.75, 3.05) is 7.11 Å². The summed E-state index contributed by atoms with van der Waals surface area (Å²) in [4.78, 5) is 11.8. The molecule has 0 atom stereocenters. The molecule has 0 aliphatic heterocycles. The Hall–Kier alpha value is -3.68. The van der Waals surface area contributed by atoms with E-state index >= 15 is 0 Å². The predicted octanol–water partition coefficient (Wildman–Crippen LogP) is 7.91. The standard InChI is InChI=1S/C17H18N4O.C7H9FN2.3C2H6/c1-11-6-5-7-15(22-4)16(11)21-13(3)19-20-17(21)14-8-9-18-12(2)10-14;1-2-3-7-9-4-6(8)5-10-7;3*1-2/h5-10H,1-4H3;4-5H,2-3H2,1H3;3*1-2H3. The fourth-order valence-corrected chi connectivity index (χ4v) is 3.28. The summed E-state index contributed by atoms with van der Waals surface area (Å²) >= 11 is 0. The highest BCUT2D eigenvalue weighted by atomic mass is 19.1. The summed E-state index contributed by atoms with van der Waals surface area (Å²) in [6.45, 7) is 20.0. The number of para-hydroxylation sites is 1. The summed E-state index contributed by atoms with van der Waals surface area (Å²) in [5.74, 6) is 2.74. The summed E-state index contributed by atoms with van der Waals surface area (Å²) in [7, 11) is 1.67. The van der Waals surface area contributed by atoms with E-state index in [1.165, 1.54) is 12.4 Å². The fourth-order valence-electron chi connectivity index (χ4n) is 3.28. The summed E-state index contributed by atoms with van der Waals surface area (Å²) in [6, 6.07) is 9.93. The number of hydrogen-bond donors (Lipinski definition) is 0. The Balaban J connectivity index is 0.000000718. The molecule has 8 heteroatoms. The van der Waals surface area contributed by atoms with E-state index < -0.39 is 0 Å². The predicted molar refractivity (Wildman–Crippen MR) is 155 cm³/mol. The lowest BCUT2D eigenvalue weighted by Gasteiger charge is -2.15. The Morgan fingerprint density at radius 2 is 1.50 bits per heavy atom. The third-order valence-electron chi connectivity index (χ3n) is 4.77. The fraction of sp³-hybridized carbons (Fsp3) is 0.433. The Bertz CT molecular complexity index is 1180. The second kappa shape index (κ2) is 19.4. The highest BCUT2D eigenvalue weighted by molar-refractivity contribution is 5.63. The number of ether oxygens (including phenoxy) is 1. The molecule has 0 fully saturated rings. The SMILES string of the molecule is CC.CC.CC.CCCc1ncc(F)cn1.COc1cccc(C)c1-n1c(C)nnc1-c1ccnc(C)c1. The maximum atomic E-state index is 12.2. The smallest absolute Gasteiger partial charge is 0.168 e. The number of benzene rings is 1. The van der Waals surface area contributed by atoms with Crippen LogP contribution < -0.4 is 4.74 Å². The van der Waals surface area contributed by atoms with Gasteiger partial charge in [-0.3, -0.25) is 9.55 Å². The van der Waals surface area contributed by atoms with E-state index in [0.29, 0.717) is 5.82 Å². The highest BCUT2D eigenvalue weighted by Gasteiger charge is 2.18. The molecule has 0 unspecified atom stereocenters. The molecule has 1 aromatic carbocycles. The van der Waals surface area contributed by atoms with Crippen LogP contribution in [0.25, 0.3) is 17.1 Å². The minimum absolute atomic E-state index is 0.375. The van der Waals surface area contributed by atoms with Gasteiger partial charge in [0.15, 0.2) is 11.6 Å². The average Bonchev–Trinajstić information content (AvgIpc) is 3.34. The maximum absolute atomic E-state index is 12.2. The number of aromatic nitrogens is 6. The van der Waals surface area contributed by atoms with E-state index in [-0.39, 0.29) is 5.82 Å². The Morgan fingerprint density at radius 3 is 2.05 bits per heavy atom. The van der Waals surface area contributed by atoms with Gasteiger partial charge in [0.05, 0.1) is 25.2 Å². The molecule has 208 valence electrons. The Labute approximate surface area is 228 Å². The van der Waals surface area contributed by atoms with Crippen LogP contribution in [0.5, 0.6) is 5.75 Å². The zero-order valence-electron chi connectivity index (χ0n) is 25.0. The van der Waals surface area contributed by atoms with Crippen molar-refractivity contribution in [1.29, 1.82) is 0 Å². The molecule has 3 aromatic heterocycles. The van der Waals surface area contributed by atoms with Crippen LogP contribution in [0.1, 0.15) is 77.8 Å². The molecule has 0 aliphatic carbocycles. The molecule has 0 bridgehead atoms. The van der Waals surface area contributed by atoms with E-state index in [2.05, 4.69) is 38.1 Å². The maximum Gasteiger partial charge on any atom is 0.168 e. The van der Waals surface area contributed by atoms with Gasteiger partial charge in [0.1, 0.15) is 17.4 Å². The van der Waals surface area contributed by atoms with Gasteiger partial charge in [-0.25, -0.2) is 14.4 Å². The van der Waals surface area contributed by atoms with Crippen LogP contribution in [0.3, 0.4) is 0 Å². The first-order chi connectivity index (χ1) is 18.4. The number of nitrogens with zero attached hydrogens (tertiary/aromatic N) is 6. The quantitative estimate of drug-likeness (QED) is 0.264. The topological polar surface area (TPSA) is 78.6 Å². The van der Waals surface area contributed by atoms with Gasteiger partial charge in [-0.05, 0) is 51.0 Å². The molecule has 0 amide bonds. The van der Waals surface area contributed by atoms with E-state index in [1.807, 2.05) is 91.1 Å². The van der Waals surface area contributed by atoms with Crippen LogP contribution in [0.15, 0.2) is 48.9 Å². The minimum atomic E-state index is -0.375. The summed E-state index contributed by atoms with van der Waals surface area (Å²) < 4.78 is 19.8. The third kappa shape index (κ3) is 10.00. The van der Waals surface area contributed by atoms with Crippen molar-refractivity contribution in [3.8, 4) is 22.8 Å². The van der Waals surface area contributed by atoms with Crippen LogP contribution in [-0.2, 0) is 6.42 Å². The number of halogens is 1. The van der Waals surface area contributed by atoms with Gasteiger partial charge >= 0.3 is 0 Å². The van der Waals surface area contributed by atoms with Crippen molar-refractivity contribution in [3.05, 3.63) is 77.6 Å². The van der Waals surface area contributed by atoms with E-state index in [9.17, 15) is 4.39 Å². The van der Waals surface area contributed by atoms with Crippen LogP contribution >= 0.6 is 0 Å². The Kier molecular flexibility index (Phi) is 17.6. The number of methoxy groups -OCH3 is 1. The summed E-state index contributed by atoms with van der Waals surface area (Å²) in [5, 5.41) is 8.60. The molecule has 0 N–H and O–H groups in total. The zero-order valence-corrected chi connectivity index (χ0v) is 25.0. The number of rotatable bonds is 5. The van der Waals surface area contributed by atoms with Crippen LogP contribution in [0, 0.1) is 26.6 Å². The molecule has 0 saturated carbocycles. The molecule has 4 rings (SSSR count). The van der Waals surface area contributed by atoms with Gasteiger partial charge in [-0.2, -0.15) is 0 Å². The van der Waals surface area contributed by atoms with Crippen molar-refractivity contribution < 1.29 is 9.13 Å². The number of hydrogen-bond acceptors (Lipinski definition) is 6. The lowest BCUT2D eigenvalue weighted by molar-refractivity contribution is 0.412. The van der Waals surface area contributed by atoms with Gasteiger partial charge in [0.2, 0.25) is 0 Å². The molecule has 0 aliphatic rings. The zero-order chi connectivity index (χ0) is 29.1. The average molecular weight is 525 g/mol. The normalized spacial score (nSPS) is 9.26. The third-order valence-corrected chi connectivity index (χ3v) is 4.77. The molecule has 3 heterocycles.